The van der Waals surface area contributed by atoms with Crippen LogP contribution in [0.25, 0.3) is 0 Å². The monoisotopic (exact) mass is 416 g/mol. The van der Waals surface area contributed by atoms with Crippen LogP contribution in [0.15, 0.2) is 60.7 Å². The van der Waals surface area contributed by atoms with Gasteiger partial charge in [0.2, 0.25) is 0 Å². The molecule has 2 atom stereocenters. The summed E-state index contributed by atoms with van der Waals surface area (Å²) in [7, 11) is -6.26. The Morgan fingerprint density at radius 1 is 0.926 bits per heavy atom. The molecule has 1 aliphatic heterocycles. The Bertz CT molecular complexity index is 828. The molecule has 0 bridgehead atoms. The van der Waals surface area contributed by atoms with Crippen LogP contribution in [0.1, 0.15) is 35.3 Å². The number of alkyl halides is 3. The summed E-state index contributed by atoms with van der Waals surface area (Å²) >= 11 is 0. The molecule has 2 aromatic rings. The molecular weight excluding hydrogens is 395 g/mol. The van der Waals surface area contributed by atoms with Crippen molar-refractivity contribution in [1.29, 1.82) is 0 Å². The molecule has 1 unspecified atom stereocenters. The van der Waals surface area contributed by atoms with Crippen molar-refractivity contribution in [3.05, 3.63) is 71.8 Å². The second-order valence-corrected chi connectivity index (χ2v) is 13.5. The van der Waals surface area contributed by atoms with E-state index >= 15 is 0 Å². The summed E-state index contributed by atoms with van der Waals surface area (Å²) < 4.78 is 65.9. The fourth-order valence-corrected chi connectivity index (χ4v) is 10.4. The second kappa shape index (κ2) is 7.57. The standard InChI is InChI=1S/C18H21BF3O3PS/c19-26(13-25-27(23,24)18(20,21)22)16(14-7-3-1-4-8-14)11-12-17(26)15-9-5-2-6-10-15/h1-10,16-17,26H,11-13,19H2/t16-,17?/m1/s1. The van der Waals surface area contributed by atoms with Crippen LogP contribution in [0.3, 0.4) is 0 Å². The van der Waals surface area contributed by atoms with E-state index in [-0.39, 0.29) is 17.7 Å². The first-order valence-electron chi connectivity index (χ1n) is 8.71. The van der Waals surface area contributed by atoms with Crippen LogP contribution in [0.4, 0.5) is 13.2 Å². The summed E-state index contributed by atoms with van der Waals surface area (Å²) in [5.41, 5.74) is -3.25. The van der Waals surface area contributed by atoms with E-state index in [4.69, 9.17) is 0 Å². The molecule has 146 valence electrons. The Kier molecular flexibility index (Phi) is 5.71. The number of hydrogen-bond acceptors (Lipinski definition) is 3. The molecule has 1 aliphatic rings. The minimum atomic E-state index is -5.60. The maximum atomic E-state index is 12.8. The van der Waals surface area contributed by atoms with Crippen LogP contribution in [0, 0.1) is 0 Å². The second-order valence-electron chi connectivity index (χ2n) is 7.17. The van der Waals surface area contributed by atoms with Crippen LogP contribution < -0.4 is 0 Å². The Balaban J connectivity index is 1.97. The zero-order valence-electron chi connectivity index (χ0n) is 14.8. The summed E-state index contributed by atoms with van der Waals surface area (Å²) in [4.78, 5) is 0. The summed E-state index contributed by atoms with van der Waals surface area (Å²) in [6.07, 6.45) is 1.23. The number of benzene rings is 2. The van der Waals surface area contributed by atoms with Crippen molar-refractivity contribution in [2.24, 2.45) is 0 Å². The Labute approximate surface area is 158 Å². The van der Waals surface area contributed by atoms with Crippen molar-refractivity contribution in [3.63, 3.8) is 0 Å². The first kappa shape index (κ1) is 20.4. The molecule has 27 heavy (non-hydrogen) atoms. The summed E-state index contributed by atoms with van der Waals surface area (Å²) in [6.45, 7) is 0. The van der Waals surface area contributed by atoms with Gasteiger partial charge < -0.3 is 0 Å². The molecule has 0 saturated carbocycles. The SMILES string of the molecule is B[PH]1(COS(=O)(=O)C(F)(F)F)C(c2ccccc2)CC[C@@H]1c1ccccc1. The van der Waals surface area contributed by atoms with E-state index in [2.05, 4.69) is 4.18 Å². The van der Waals surface area contributed by atoms with Gasteiger partial charge in [-0.15, -0.1) is 0 Å². The normalized spacial score (nSPS) is 23.8. The maximum absolute atomic E-state index is 12.8. The predicted molar refractivity (Wildman–Crippen MR) is 105 cm³/mol. The van der Waals surface area contributed by atoms with Crippen LogP contribution in [0.2, 0.25) is 0 Å². The van der Waals surface area contributed by atoms with Gasteiger partial charge in [-0.3, -0.25) is 0 Å². The van der Waals surface area contributed by atoms with Gasteiger partial charge in [-0.1, -0.05) is 0 Å². The molecule has 0 amide bonds. The van der Waals surface area contributed by atoms with Crippen molar-refractivity contribution >= 4 is 24.8 Å². The molecule has 1 saturated heterocycles. The number of rotatable bonds is 5. The molecule has 0 spiro atoms. The molecule has 1 fully saturated rings. The third kappa shape index (κ3) is 4.08. The van der Waals surface area contributed by atoms with Gasteiger partial charge in [0.15, 0.2) is 0 Å². The number of hydrogen-bond donors (Lipinski definition) is 0. The Morgan fingerprint density at radius 3 is 1.70 bits per heavy atom. The fraction of sp³-hybridized carbons (Fsp3) is 0.333. The molecule has 1 heterocycles. The van der Waals surface area contributed by atoms with Crippen molar-refractivity contribution in [3.8, 4) is 0 Å². The number of halogens is 3. The summed E-state index contributed by atoms with van der Waals surface area (Å²) in [5, 5.41) is 0. The first-order valence-corrected chi connectivity index (χ1v) is 13.0. The van der Waals surface area contributed by atoms with Gasteiger partial charge in [-0.2, -0.15) is 0 Å². The molecular formula is C18H21BF3O3PS. The molecule has 0 aromatic heterocycles. The molecule has 9 heteroatoms. The van der Waals surface area contributed by atoms with Gasteiger partial charge in [-0.05, 0) is 0 Å². The third-order valence-corrected chi connectivity index (χ3v) is 11.9. The molecule has 0 radical (unpaired) electrons. The average molecular weight is 416 g/mol. The van der Waals surface area contributed by atoms with Crippen molar-refractivity contribution < 1.29 is 25.8 Å². The average Bonchev–Trinajstić information content (AvgIpc) is 2.98. The first-order chi connectivity index (χ1) is 12.7. The van der Waals surface area contributed by atoms with E-state index in [1.807, 2.05) is 68.2 Å². The minimum absolute atomic E-state index is 0.0346. The molecule has 2 aromatic carbocycles. The third-order valence-electron chi connectivity index (χ3n) is 5.55. The van der Waals surface area contributed by atoms with Crippen LogP contribution in [-0.2, 0) is 14.3 Å². The van der Waals surface area contributed by atoms with E-state index in [1.165, 1.54) is 0 Å². The van der Waals surface area contributed by atoms with Crippen LogP contribution in [-0.4, -0.2) is 27.8 Å². The van der Waals surface area contributed by atoms with Crippen molar-refractivity contribution in [2.45, 2.75) is 29.7 Å². The summed E-state index contributed by atoms with van der Waals surface area (Å²) in [6, 6.07) is 19.2. The van der Waals surface area contributed by atoms with E-state index in [1.54, 1.807) is 0 Å². The van der Waals surface area contributed by atoms with Crippen molar-refractivity contribution in [1.82, 2.24) is 0 Å². The molecule has 3 rings (SSSR count). The van der Waals surface area contributed by atoms with Gasteiger partial charge >= 0.3 is 158 Å². The van der Waals surface area contributed by atoms with Crippen LogP contribution >= 0.6 is 7.14 Å². The molecule has 0 N–H and O–H groups in total. The van der Waals surface area contributed by atoms with E-state index in [0.717, 1.165) is 24.0 Å². The molecule has 3 nitrogen and oxygen atoms in total. The van der Waals surface area contributed by atoms with Gasteiger partial charge in [0.05, 0.1) is 0 Å². The molecule has 0 aliphatic carbocycles. The van der Waals surface area contributed by atoms with Crippen molar-refractivity contribution in [2.75, 3.05) is 6.35 Å². The van der Waals surface area contributed by atoms with Gasteiger partial charge in [0.25, 0.3) is 0 Å². The van der Waals surface area contributed by atoms with Crippen LogP contribution in [0.5, 0.6) is 0 Å². The van der Waals surface area contributed by atoms with E-state index in [0.29, 0.717) is 0 Å². The Hall–Kier alpha value is -1.37. The zero-order valence-corrected chi connectivity index (χ0v) is 16.6. The van der Waals surface area contributed by atoms with Gasteiger partial charge in [0.1, 0.15) is 0 Å². The predicted octanol–water partition coefficient (Wildman–Crippen LogP) is 4.38. The van der Waals surface area contributed by atoms with Gasteiger partial charge in [-0.25, -0.2) is 0 Å². The van der Waals surface area contributed by atoms with E-state index in [9.17, 15) is 21.6 Å². The quantitative estimate of drug-likeness (QED) is 0.315. The Morgan fingerprint density at radius 2 is 1.33 bits per heavy atom. The van der Waals surface area contributed by atoms with Gasteiger partial charge in [0, 0.05) is 0 Å². The topological polar surface area (TPSA) is 43.4 Å². The fourth-order valence-electron chi connectivity index (χ4n) is 4.17. The zero-order chi connectivity index (χ0) is 19.7. The summed E-state index contributed by atoms with van der Waals surface area (Å²) in [5.74, 6) is 0. The van der Waals surface area contributed by atoms with E-state index < -0.39 is 22.8 Å².